The average molecular weight is 527 g/mol. The molecule has 5 aromatic rings. The van der Waals surface area contributed by atoms with Crippen LogP contribution in [0.4, 0.5) is 10.2 Å². The molecule has 1 fully saturated rings. The molecule has 2 N–H and O–H groups in total. The van der Waals surface area contributed by atoms with Crippen LogP contribution in [0.2, 0.25) is 0 Å². The maximum atomic E-state index is 15.3. The molecular formula is C28H27FN8O2. The van der Waals surface area contributed by atoms with Crippen molar-refractivity contribution in [2.24, 2.45) is 7.05 Å². The number of amides is 2. The average Bonchev–Trinajstić information content (AvgIpc) is 3.51. The predicted octanol–water partition coefficient (Wildman–Crippen LogP) is 4.08. The summed E-state index contributed by atoms with van der Waals surface area (Å²) in [6, 6.07) is 10.3. The van der Waals surface area contributed by atoms with Crippen molar-refractivity contribution in [1.29, 1.82) is 0 Å². The third-order valence-corrected chi connectivity index (χ3v) is 7.24. The molecule has 2 aromatic carbocycles. The number of anilines is 1. The molecule has 1 saturated carbocycles. The fraction of sp³-hybridized carbons (Fsp3) is 0.250. The Balaban J connectivity index is 1.34. The minimum absolute atomic E-state index is 0.137. The lowest BCUT2D eigenvalue weighted by molar-refractivity contribution is -0.140. The Kier molecular flexibility index (Phi) is 5.78. The van der Waals surface area contributed by atoms with Gasteiger partial charge in [-0.3, -0.25) is 24.0 Å². The Morgan fingerprint density at radius 1 is 1.08 bits per heavy atom. The third-order valence-electron chi connectivity index (χ3n) is 7.24. The van der Waals surface area contributed by atoms with E-state index in [2.05, 4.69) is 15.2 Å². The van der Waals surface area contributed by atoms with Crippen molar-refractivity contribution in [3.63, 3.8) is 0 Å². The molecule has 3 heterocycles. The van der Waals surface area contributed by atoms with Gasteiger partial charge in [-0.15, -0.1) is 0 Å². The number of rotatable bonds is 5. The van der Waals surface area contributed by atoms with Crippen LogP contribution in [0.1, 0.15) is 41.7 Å². The number of nitrogens with zero attached hydrogens (tertiary/aromatic N) is 7. The largest absolute Gasteiger partial charge is 0.383 e. The van der Waals surface area contributed by atoms with Gasteiger partial charge in [0.15, 0.2) is 0 Å². The van der Waals surface area contributed by atoms with Crippen LogP contribution in [-0.4, -0.2) is 53.4 Å². The van der Waals surface area contributed by atoms with Gasteiger partial charge in [-0.25, -0.2) is 14.4 Å². The maximum Gasteiger partial charge on any atom is 0.272 e. The van der Waals surface area contributed by atoms with E-state index in [0.717, 1.165) is 23.9 Å². The van der Waals surface area contributed by atoms with Crippen LogP contribution in [0.15, 0.2) is 55.0 Å². The molecule has 0 saturated heterocycles. The van der Waals surface area contributed by atoms with Gasteiger partial charge in [-0.05, 0) is 42.7 Å². The number of halogens is 1. The maximum absolute atomic E-state index is 15.3. The number of hydrogen-bond acceptors (Lipinski definition) is 6. The highest BCUT2D eigenvalue weighted by molar-refractivity contribution is 6.10. The lowest BCUT2D eigenvalue weighted by Gasteiger charge is -2.31. The topological polar surface area (TPSA) is 115 Å². The fourth-order valence-electron chi connectivity index (χ4n) is 4.77. The van der Waals surface area contributed by atoms with E-state index in [1.165, 1.54) is 30.1 Å². The van der Waals surface area contributed by atoms with Gasteiger partial charge in [-0.2, -0.15) is 10.2 Å². The first-order chi connectivity index (χ1) is 18.7. The molecule has 0 unspecified atom stereocenters. The molecule has 0 radical (unpaired) electrons. The second-order valence-corrected chi connectivity index (χ2v) is 9.91. The van der Waals surface area contributed by atoms with Gasteiger partial charge in [0.1, 0.15) is 11.6 Å². The van der Waals surface area contributed by atoms with E-state index in [1.54, 1.807) is 54.5 Å². The molecule has 198 valence electrons. The summed E-state index contributed by atoms with van der Waals surface area (Å²) in [7, 11) is 3.27. The summed E-state index contributed by atoms with van der Waals surface area (Å²) >= 11 is 0. The monoisotopic (exact) mass is 526 g/mol. The SMILES string of the molecule is CC(=O)N(C)N(Cc1ccc(-c2cnn(C3CC3)c2)cc1F)C(=O)c1ccc2nc(N)c3cnn(C)c3c2c1. The first-order valence-corrected chi connectivity index (χ1v) is 12.6. The molecule has 11 heteroatoms. The van der Waals surface area contributed by atoms with Gasteiger partial charge in [0.25, 0.3) is 5.91 Å². The van der Waals surface area contributed by atoms with Crippen LogP contribution < -0.4 is 5.73 Å². The van der Waals surface area contributed by atoms with E-state index in [9.17, 15) is 9.59 Å². The van der Waals surface area contributed by atoms with Crippen molar-refractivity contribution in [1.82, 2.24) is 34.6 Å². The number of hydrogen-bond donors (Lipinski definition) is 1. The van der Waals surface area contributed by atoms with Crippen molar-refractivity contribution in [2.45, 2.75) is 32.4 Å². The number of pyridine rings is 1. The Morgan fingerprint density at radius 2 is 1.87 bits per heavy atom. The number of hydrazine groups is 1. The highest BCUT2D eigenvalue weighted by Crippen LogP contribution is 2.35. The number of carbonyl (C=O) groups is 2. The number of aryl methyl sites for hydroxylation is 1. The van der Waals surface area contributed by atoms with E-state index in [1.807, 2.05) is 10.9 Å². The molecule has 1 aliphatic carbocycles. The number of carbonyl (C=O) groups excluding carboxylic acids is 2. The second kappa shape index (κ2) is 9.19. The molecule has 0 spiro atoms. The molecule has 3 aromatic heterocycles. The summed E-state index contributed by atoms with van der Waals surface area (Å²) in [5.41, 5.74) is 9.56. The third kappa shape index (κ3) is 4.35. The van der Waals surface area contributed by atoms with Crippen molar-refractivity contribution in [2.75, 3.05) is 12.8 Å². The van der Waals surface area contributed by atoms with Gasteiger partial charge in [-0.1, -0.05) is 12.1 Å². The standard InChI is InChI=1S/C28H27FN8O2/c1-16(38)35(3)37(15-19-5-4-17(11-24(19)29)20-12-32-36(14-20)21-7-8-21)28(39)18-6-9-25-22(10-18)26-23(27(30)33-25)13-31-34(26)2/h4-6,9-14,21H,7-8,15H2,1-3H3,(H2,30,33). The summed E-state index contributed by atoms with van der Waals surface area (Å²) in [5, 5.41) is 12.5. The Bertz CT molecular complexity index is 1770. The Hall–Kier alpha value is -4.80. The molecule has 0 aliphatic heterocycles. The fourth-order valence-corrected chi connectivity index (χ4v) is 4.77. The van der Waals surface area contributed by atoms with Gasteiger partial charge in [0.2, 0.25) is 5.91 Å². The Morgan fingerprint density at radius 3 is 2.59 bits per heavy atom. The van der Waals surface area contributed by atoms with E-state index in [4.69, 9.17) is 5.73 Å². The van der Waals surface area contributed by atoms with Crippen LogP contribution in [0.25, 0.3) is 32.9 Å². The smallest absolute Gasteiger partial charge is 0.272 e. The molecule has 39 heavy (non-hydrogen) atoms. The van der Waals surface area contributed by atoms with Crippen LogP contribution >= 0.6 is 0 Å². The van der Waals surface area contributed by atoms with Crippen molar-refractivity contribution in [3.8, 4) is 11.1 Å². The zero-order chi connectivity index (χ0) is 27.4. The summed E-state index contributed by atoms with van der Waals surface area (Å²) in [5.74, 6) is -0.953. The van der Waals surface area contributed by atoms with Crippen LogP contribution in [-0.2, 0) is 18.4 Å². The van der Waals surface area contributed by atoms with Crippen molar-refractivity contribution < 1.29 is 14.0 Å². The summed E-state index contributed by atoms with van der Waals surface area (Å²) in [6.07, 6.45) is 7.50. The minimum atomic E-state index is -0.476. The van der Waals surface area contributed by atoms with Gasteiger partial charge >= 0.3 is 0 Å². The summed E-state index contributed by atoms with van der Waals surface area (Å²) in [4.78, 5) is 30.5. The lowest BCUT2D eigenvalue weighted by atomic mass is 10.1. The molecule has 10 nitrogen and oxygen atoms in total. The number of fused-ring (bicyclic) bond motifs is 3. The first kappa shape index (κ1) is 24.5. The summed E-state index contributed by atoms with van der Waals surface area (Å²) in [6.45, 7) is 1.21. The molecule has 0 bridgehead atoms. The predicted molar refractivity (Wildman–Crippen MR) is 145 cm³/mol. The lowest BCUT2D eigenvalue weighted by Crippen LogP contribution is -2.46. The quantitative estimate of drug-likeness (QED) is 0.345. The molecule has 1 aliphatic rings. The molecule has 0 atom stereocenters. The van der Waals surface area contributed by atoms with Crippen LogP contribution in [0, 0.1) is 5.82 Å². The van der Waals surface area contributed by atoms with E-state index < -0.39 is 11.7 Å². The van der Waals surface area contributed by atoms with Gasteiger partial charge < -0.3 is 5.73 Å². The number of aromatic nitrogens is 5. The summed E-state index contributed by atoms with van der Waals surface area (Å²) < 4.78 is 18.9. The highest BCUT2D eigenvalue weighted by Gasteiger charge is 2.26. The van der Waals surface area contributed by atoms with Gasteiger partial charge in [0.05, 0.1) is 41.4 Å². The van der Waals surface area contributed by atoms with Crippen molar-refractivity contribution in [3.05, 3.63) is 71.9 Å². The van der Waals surface area contributed by atoms with Crippen LogP contribution in [0.3, 0.4) is 0 Å². The zero-order valence-corrected chi connectivity index (χ0v) is 21.8. The van der Waals surface area contributed by atoms with E-state index >= 15 is 4.39 Å². The highest BCUT2D eigenvalue weighted by atomic mass is 19.1. The van der Waals surface area contributed by atoms with E-state index in [0.29, 0.717) is 39.3 Å². The normalized spacial score (nSPS) is 13.2. The number of nitrogen functional groups attached to an aromatic ring is 1. The first-order valence-electron chi connectivity index (χ1n) is 12.6. The van der Waals surface area contributed by atoms with E-state index in [-0.39, 0.29) is 18.0 Å². The minimum Gasteiger partial charge on any atom is -0.383 e. The van der Waals surface area contributed by atoms with Crippen molar-refractivity contribution >= 4 is 39.4 Å². The number of nitrogens with two attached hydrogens (primary N) is 1. The molecule has 2 amide bonds. The number of benzene rings is 2. The van der Waals surface area contributed by atoms with Crippen LogP contribution in [0.5, 0.6) is 0 Å². The Labute approximate surface area is 223 Å². The van der Waals surface area contributed by atoms with Gasteiger partial charge in [0, 0.05) is 49.3 Å². The second-order valence-electron chi connectivity index (χ2n) is 9.91. The molecular weight excluding hydrogens is 499 g/mol. The zero-order valence-electron chi connectivity index (χ0n) is 21.8. The molecule has 6 rings (SSSR count).